The van der Waals surface area contributed by atoms with Gasteiger partial charge in [0.1, 0.15) is 15.8 Å². The topological polar surface area (TPSA) is 55.0 Å². The highest BCUT2D eigenvalue weighted by molar-refractivity contribution is 7.15. The van der Waals surface area contributed by atoms with Crippen LogP contribution < -0.4 is 10.6 Å². The minimum atomic E-state index is 0.622. The molecule has 1 aliphatic heterocycles. The van der Waals surface area contributed by atoms with Crippen molar-refractivity contribution in [1.82, 2.24) is 9.36 Å². The smallest absolute Gasteiger partial charge is 0.149 e. The van der Waals surface area contributed by atoms with Gasteiger partial charge in [0.15, 0.2) is 0 Å². The first-order chi connectivity index (χ1) is 9.65. The maximum Gasteiger partial charge on any atom is 0.149 e. The first-order valence-corrected chi connectivity index (χ1v) is 8.73. The standard InChI is InChI=1S/C14H20N4S2/c1-9-4-3-6-18(7-5-9)14-11(12(15)17-20-14)13-16-10(2)8-19-13/h8-9H,3-7H2,1-2H3,(H2,15,17). The molecule has 2 N–H and O–H groups in total. The number of hydrogen-bond acceptors (Lipinski definition) is 6. The summed E-state index contributed by atoms with van der Waals surface area (Å²) in [7, 11) is 0. The second kappa shape index (κ2) is 5.69. The molecule has 0 saturated carbocycles. The van der Waals surface area contributed by atoms with Crippen molar-refractivity contribution >= 4 is 33.7 Å². The Kier molecular flexibility index (Phi) is 3.94. The lowest BCUT2D eigenvalue weighted by molar-refractivity contribution is 0.521. The fourth-order valence-corrected chi connectivity index (χ4v) is 4.43. The van der Waals surface area contributed by atoms with Crippen molar-refractivity contribution in [3.8, 4) is 10.6 Å². The van der Waals surface area contributed by atoms with Gasteiger partial charge in [0.25, 0.3) is 0 Å². The summed E-state index contributed by atoms with van der Waals surface area (Å²) in [5.74, 6) is 1.44. The molecule has 3 rings (SSSR count). The van der Waals surface area contributed by atoms with Crippen LogP contribution in [0.15, 0.2) is 5.38 Å². The van der Waals surface area contributed by atoms with Crippen molar-refractivity contribution in [3.63, 3.8) is 0 Å². The Morgan fingerprint density at radius 2 is 2.20 bits per heavy atom. The molecule has 0 aliphatic carbocycles. The van der Waals surface area contributed by atoms with Crippen LogP contribution in [0.3, 0.4) is 0 Å². The van der Waals surface area contributed by atoms with E-state index in [1.54, 1.807) is 11.3 Å². The highest BCUT2D eigenvalue weighted by atomic mass is 32.1. The first-order valence-electron chi connectivity index (χ1n) is 7.07. The lowest BCUT2D eigenvalue weighted by Crippen LogP contribution is -2.23. The Bertz CT molecular complexity index is 590. The zero-order chi connectivity index (χ0) is 14.1. The third-order valence-electron chi connectivity index (χ3n) is 3.84. The molecular weight excluding hydrogens is 288 g/mol. The minimum Gasteiger partial charge on any atom is -0.382 e. The minimum absolute atomic E-state index is 0.622. The summed E-state index contributed by atoms with van der Waals surface area (Å²) in [5, 5.41) is 4.27. The Morgan fingerprint density at radius 3 is 2.95 bits per heavy atom. The van der Waals surface area contributed by atoms with E-state index in [9.17, 15) is 0 Å². The van der Waals surface area contributed by atoms with Gasteiger partial charge in [0, 0.05) is 24.2 Å². The van der Waals surface area contributed by atoms with Crippen LogP contribution in [0.1, 0.15) is 31.9 Å². The van der Waals surface area contributed by atoms with Crippen molar-refractivity contribution in [3.05, 3.63) is 11.1 Å². The summed E-state index contributed by atoms with van der Waals surface area (Å²) in [6.07, 6.45) is 3.81. The van der Waals surface area contributed by atoms with Crippen molar-refractivity contribution in [2.24, 2.45) is 5.92 Å². The average molecular weight is 308 g/mol. The quantitative estimate of drug-likeness (QED) is 0.917. The van der Waals surface area contributed by atoms with Crippen LogP contribution in [-0.2, 0) is 0 Å². The molecular formula is C14H20N4S2. The van der Waals surface area contributed by atoms with E-state index in [1.165, 1.54) is 35.8 Å². The molecule has 1 fully saturated rings. The third kappa shape index (κ3) is 2.67. The van der Waals surface area contributed by atoms with E-state index >= 15 is 0 Å². The number of anilines is 2. The molecule has 0 amide bonds. The van der Waals surface area contributed by atoms with Crippen LogP contribution in [0.5, 0.6) is 0 Å². The SMILES string of the molecule is Cc1csc(-c2c(N)nsc2N2CCCC(C)CC2)n1. The normalized spacial score (nSPS) is 20.1. The van der Waals surface area contributed by atoms with E-state index in [1.807, 2.05) is 6.92 Å². The number of aromatic nitrogens is 2. The van der Waals surface area contributed by atoms with Crippen molar-refractivity contribution in [2.75, 3.05) is 23.7 Å². The van der Waals surface area contributed by atoms with Gasteiger partial charge in [-0.25, -0.2) is 4.98 Å². The Labute approximate surface area is 127 Å². The fraction of sp³-hybridized carbons (Fsp3) is 0.571. The summed E-state index contributed by atoms with van der Waals surface area (Å²) >= 11 is 3.17. The van der Waals surface area contributed by atoms with Crippen LogP contribution in [-0.4, -0.2) is 22.4 Å². The molecule has 0 bridgehead atoms. The second-order valence-corrected chi connectivity index (χ2v) is 7.18. The van der Waals surface area contributed by atoms with Crippen molar-refractivity contribution in [1.29, 1.82) is 0 Å². The van der Waals surface area contributed by atoms with Crippen molar-refractivity contribution < 1.29 is 0 Å². The first kappa shape index (κ1) is 13.8. The van der Waals surface area contributed by atoms with Gasteiger partial charge < -0.3 is 10.6 Å². The summed E-state index contributed by atoms with van der Waals surface area (Å²) in [5.41, 5.74) is 8.19. The lowest BCUT2D eigenvalue weighted by atomic mass is 10.0. The summed E-state index contributed by atoms with van der Waals surface area (Å²) < 4.78 is 4.37. The second-order valence-electron chi connectivity index (χ2n) is 5.57. The third-order valence-corrected chi connectivity index (χ3v) is 5.74. The number of nitrogen functional groups attached to an aromatic ring is 1. The van der Waals surface area contributed by atoms with Crippen molar-refractivity contribution in [2.45, 2.75) is 33.1 Å². The summed E-state index contributed by atoms with van der Waals surface area (Å²) in [6, 6.07) is 0. The van der Waals surface area contributed by atoms with Crippen LogP contribution in [0.2, 0.25) is 0 Å². The molecule has 0 aromatic carbocycles. The number of hydrogen-bond donors (Lipinski definition) is 1. The van der Waals surface area contributed by atoms with Crippen LogP contribution in [0.25, 0.3) is 10.6 Å². The van der Waals surface area contributed by atoms with Gasteiger partial charge in [-0.3, -0.25) is 0 Å². The molecule has 4 nitrogen and oxygen atoms in total. The van der Waals surface area contributed by atoms with E-state index in [4.69, 9.17) is 5.73 Å². The number of aryl methyl sites for hydroxylation is 1. The largest absolute Gasteiger partial charge is 0.382 e. The number of nitrogens with two attached hydrogens (primary N) is 1. The van der Waals surface area contributed by atoms with Gasteiger partial charge in [-0.05, 0) is 43.6 Å². The molecule has 1 saturated heterocycles. The maximum atomic E-state index is 6.09. The van der Waals surface area contributed by atoms with Crippen LogP contribution >= 0.6 is 22.9 Å². The molecule has 0 spiro atoms. The number of nitrogens with zero attached hydrogens (tertiary/aromatic N) is 3. The Balaban J connectivity index is 1.94. The molecule has 6 heteroatoms. The lowest BCUT2D eigenvalue weighted by Gasteiger charge is -2.21. The predicted molar refractivity (Wildman–Crippen MR) is 87.6 cm³/mol. The van der Waals surface area contributed by atoms with E-state index in [-0.39, 0.29) is 0 Å². The van der Waals surface area contributed by atoms with E-state index < -0.39 is 0 Å². The van der Waals surface area contributed by atoms with Gasteiger partial charge in [-0.15, -0.1) is 11.3 Å². The summed E-state index contributed by atoms with van der Waals surface area (Å²) in [6.45, 7) is 6.56. The molecule has 3 heterocycles. The molecule has 1 unspecified atom stereocenters. The highest BCUT2D eigenvalue weighted by Gasteiger charge is 2.23. The van der Waals surface area contributed by atoms with Crippen LogP contribution in [0.4, 0.5) is 10.8 Å². The average Bonchev–Trinajstić information content (AvgIpc) is 2.93. The molecule has 2 aromatic rings. The van der Waals surface area contributed by atoms with Gasteiger partial charge in [0.05, 0.1) is 5.56 Å². The zero-order valence-electron chi connectivity index (χ0n) is 11.9. The molecule has 2 aromatic heterocycles. The maximum absolute atomic E-state index is 6.09. The number of thiazole rings is 1. The highest BCUT2D eigenvalue weighted by Crippen LogP contribution is 2.41. The zero-order valence-corrected chi connectivity index (χ0v) is 13.6. The molecule has 108 valence electrons. The molecule has 20 heavy (non-hydrogen) atoms. The van der Waals surface area contributed by atoms with Gasteiger partial charge >= 0.3 is 0 Å². The Morgan fingerprint density at radius 1 is 1.35 bits per heavy atom. The van der Waals surface area contributed by atoms with E-state index in [0.29, 0.717) is 5.82 Å². The van der Waals surface area contributed by atoms with E-state index in [0.717, 1.165) is 35.3 Å². The van der Waals surface area contributed by atoms with Gasteiger partial charge in [-0.1, -0.05) is 6.92 Å². The van der Waals surface area contributed by atoms with Gasteiger partial charge in [0.2, 0.25) is 0 Å². The summed E-state index contributed by atoms with van der Waals surface area (Å²) in [4.78, 5) is 7.03. The molecule has 1 atom stereocenters. The fourth-order valence-electron chi connectivity index (χ4n) is 2.65. The number of rotatable bonds is 2. The monoisotopic (exact) mass is 308 g/mol. The molecule has 1 aliphatic rings. The Hall–Kier alpha value is -1.14. The predicted octanol–water partition coefficient (Wildman–Crippen LogP) is 3.78. The van der Waals surface area contributed by atoms with Crippen LogP contribution in [0, 0.1) is 12.8 Å². The van der Waals surface area contributed by atoms with Gasteiger partial charge in [-0.2, -0.15) is 4.37 Å². The van der Waals surface area contributed by atoms with E-state index in [2.05, 4.69) is 26.6 Å². The molecule has 0 radical (unpaired) electrons.